The molecule has 0 aromatic rings. The van der Waals surface area contributed by atoms with Crippen LogP contribution >= 0.6 is 0 Å². The highest BCUT2D eigenvalue weighted by atomic mass is 16.2. The van der Waals surface area contributed by atoms with Crippen LogP contribution in [0, 0.1) is 5.92 Å². The molecular weight excluding hydrogens is 208 g/mol. The van der Waals surface area contributed by atoms with Gasteiger partial charge in [-0.15, -0.1) is 0 Å². The Balaban J connectivity index is 4.17. The molecule has 0 aliphatic carbocycles. The molecule has 0 aliphatic heterocycles. The molecule has 1 atom stereocenters. The highest BCUT2D eigenvalue weighted by molar-refractivity contribution is 5.78. The second kappa shape index (κ2) is 8.06. The first-order chi connectivity index (χ1) is 7.51. The normalized spacial score (nSPS) is 12.5. The van der Waals surface area contributed by atoms with Crippen LogP contribution in [0.3, 0.4) is 0 Å². The van der Waals surface area contributed by atoms with Gasteiger partial charge in [0.2, 0.25) is 11.8 Å². The highest BCUT2D eigenvalue weighted by Gasteiger charge is 2.17. The van der Waals surface area contributed by atoms with E-state index >= 15 is 0 Å². The summed E-state index contributed by atoms with van der Waals surface area (Å²) in [6.07, 6.45) is 2.01. The fraction of sp³-hybridized carbons (Fsp3) is 0.800. The van der Waals surface area contributed by atoms with Crippen LogP contribution in [0.5, 0.6) is 0 Å². The van der Waals surface area contributed by atoms with Crippen molar-refractivity contribution in [1.29, 1.82) is 0 Å². The van der Waals surface area contributed by atoms with Crippen LogP contribution in [-0.4, -0.2) is 36.3 Å². The number of nitrogens with one attached hydrogen (secondary N) is 1. The van der Waals surface area contributed by atoms with Gasteiger partial charge in [0.25, 0.3) is 0 Å². The van der Waals surface area contributed by atoms with Crippen molar-refractivity contribution in [2.45, 2.75) is 26.7 Å². The summed E-state index contributed by atoms with van der Waals surface area (Å²) in [5, 5.41) is 0. The van der Waals surface area contributed by atoms with Crippen molar-refractivity contribution < 1.29 is 9.59 Å². The van der Waals surface area contributed by atoms with E-state index in [2.05, 4.69) is 12.3 Å². The molecule has 0 spiro atoms. The molecule has 0 saturated carbocycles. The number of unbranched alkanes of at least 4 members (excludes halogenated alkanes) is 1. The first kappa shape index (κ1) is 14.9. The van der Waals surface area contributed by atoms with Crippen LogP contribution < -0.4 is 17.0 Å². The van der Waals surface area contributed by atoms with Gasteiger partial charge in [0, 0.05) is 12.5 Å². The number of carbonyl (C=O) groups is 2. The van der Waals surface area contributed by atoms with Crippen LogP contribution in [0.4, 0.5) is 0 Å². The molecule has 6 heteroatoms. The largest absolute Gasteiger partial charge is 0.369 e. The quantitative estimate of drug-likeness (QED) is 0.288. The maximum absolute atomic E-state index is 11.2. The van der Waals surface area contributed by atoms with Gasteiger partial charge in [-0.05, 0) is 13.0 Å². The molecule has 1 unspecified atom stereocenters. The summed E-state index contributed by atoms with van der Waals surface area (Å²) >= 11 is 0. The van der Waals surface area contributed by atoms with E-state index in [1.807, 2.05) is 4.90 Å². The average Bonchev–Trinajstić information content (AvgIpc) is 2.23. The summed E-state index contributed by atoms with van der Waals surface area (Å²) in [7, 11) is 0. The maximum atomic E-state index is 11.2. The Morgan fingerprint density at radius 3 is 2.50 bits per heavy atom. The Labute approximate surface area is 96.3 Å². The number of carbonyl (C=O) groups excluding carboxylic acids is 2. The number of hydrogen-bond acceptors (Lipinski definition) is 4. The Morgan fingerprint density at radius 2 is 2.06 bits per heavy atom. The summed E-state index contributed by atoms with van der Waals surface area (Å²) < 4.78 is 0. The fourth-order valence-corrected chi connectivity index (χ4v) is 1.45. The van der Waals surface area contributed by atoms with E-state index in [1.54, 1.807) is 6.92 Å². The van der Waals surface area contributed by atoms with Gasteiger partial charge in [0.15, 0.2) is 0 Å². The van der Waals surface area contributed by atoms with Gasteiger partial charge in [-0.2, -0.15) is 0 Å². The van der Waals surface area contributed by atoms with Crippen LogP contribution in [0.1, 0.15) is 26.7 Å². The van der Waals surface area contributed by atoms with Gasteiger partial charge < -0.3 is 5.73 Å². The Morgan fingerprint density at radius 1 is 1.44 bits per heavy atom. The molecule has 0 bridgehead atoms. The zero-order valence-corrected chi connectivity index (χ0v) is 10.0. The lowest BCUT2D eigenvalue weighted by Crippen LogP contribution is -2.43. The molecule has 5 N–H and O–H groups in total. The number of primary amides is 1. The van der Waals surface area contributed by atoms with E-state index in [0.717, 1.165) is 19.4 Å². The third kappa shape index (κ3) is 6.36. The van der Waals surface area contributed by atoms with E-state index in [9.17, 15) is 9.59 Å². The van der Waals surface area contributed by atoms with Crippen molar-refractivity contribution in [3.8, 4) is 0 Å². The minimum Gasteiger partial charge on any atom is -0.369 e. The molecular formula is C10H22N4O2. The minimum atomic E-state index is -0.378. The predicted molar refractivity (Wildman–Crippen MR) is 62.0 cm³/mol. The summed E-state index contributed by atoms with van der Waals surface area (Å²) in [5.74, 6) is 4.18. The summed E-state index contributed by atoms with van der Waals surface area (Å²) in [6, 6.07) is 0. The lowest BCUT2D eigenvalue weighted by atomic mass is 10.1. The zero-order chi connectivity index (χ0) is 12.6. The standard InChI is InChI=1S/C10H22N4O2/c1-3-4-5-14(7-9(11)15)6-8(2)10(16)13-12/h8H,3-7,12H2,1-2H3,(H2,11,15)(H,13,16). The van der Waals surface area contributed by atoms with Gasteiger partial charge in [0.1, 0.15) is 0 Å². The molecule has 94 valence electrons. The first-order valence-corrected chi connectivity index (χ1v) is 5.52. The highest BCUT2D eigenvalue weighted by Crippen LogP contribution is 2.02. The lowest BCUT2D eigenvalue weighted by Gasteiger charge is -2.23. The lowest BCUT2D eigenvalue weighted by molar-refractivity contribution is -0.126. The van der Waals surface area contributed by atoms with E-state index < -0.39 is 0 Å². The smallest absolute Gasteiger partial charge is 0.237 e. The molecule has 0 heterocycles. The Hall–Kier alpha value is -1.14. The second-order valence-corrected chi connectivity index (χ2v) is 3.96. The van der Waals surface area contributed by atoms with Crippen molar-refractivity contribution in [3.05, 3.63) is 0 Å². The van der Waals surface area contributed by atoms with Gasteiger partial charge >= 0.3 is 0 Å². The van der Waals surface area contributed by atoms with Gasteiger partial charge in [-0.25, -0.2) is 5.84 Å². The molecule has 0 radical (unpaired) electrons. The average molecular weight is 230 g/mol. The Kier molecular flexibility index (Phi) is 7.49. The van der Waals surface area contributed by atoms with Gasteiger partial charge in [0.05, 0.1) is 6.54 Å². The van der Waals surface area contributed by atoms with E-state index in [1.165, 1.54) is 0 Å². The van der Waals surface area contributed by atoms with Crippen LogP contribution in [0.25, 0.3) is 0 Å². The third-order valence-corrected chi connectivity index (χ3v) is 2.33. The number of nitrogens with two attached hydrogens (primary N) is 2. The topological polar surface area (TPSA) is 101 Å². The molecule has 6 nitrogen and oxygen atoms in total. The van der Waals surface area contributed by atoms with Crippen LogP contribution in [-0.2, 0) is 9.59 Å². The molecule has 2 amide bonds. The molecule has 0 rings (SSSR count). The zero-order valence-electron chi connectivity index (χ0n) is 10.0. The van der Waals surface area contributed by atoms with Crippen LogP contribution in [0.15, 0.2) is 0 Å². The summed E-state index contributed by atoms with van der Waals surface area (Å²) in [6.45, 7) is 5.27. The van der Waals surface area contributed by atoms with Crippen molar-refractivity contribution in [2.75, 3.05) is 19.6 Å². The maximum Gasteiger partial charge on any atom is 0.237 e. The molecule has 0 aliphatic rings. The van der Waals surface area contributed by atoms with Crippen molar-refractivity contribution in [2.24, 2.45) is 17.5 Å². The number of hydrogen-bond donors (Lipinski definition) is 3. The fourth-order valence-electron chi connectivity index (χ4n) is 1.45. The minimum absolute atomic E-state index is 0.183. The number of nitrogens with zero attached hydrogens (tertiary/aromatic N) is 1. The molecule has 0 aromatic heterocycles. The molecule has 0 saturated heterocycles. The van der Waals surface area contributed by atoms with Gasteiger partial charge in [-0.1, -0.05) is 20.3 Å². The molecule has 0 fully saturated rings. The van der Waals surface area contributed by atoms with E-state index in [-0.39, 0.29) is 24.3 Å². The van der Waals surface area contributed by atoms with Crippen LogP contribution in [0.2, 0.25) is 0 Å². The first-order valence-electron chi connectivity index (χ1n) is 5.52. The summed E-state index contributed by atoms with van der Waals surface area (Å²) in [4.78, 5) is 24.0. The van der Waals surface area contributed by atoms with E-state index in [4.69, 9.17) is 11.6 Å². The second-order valence-electron chi connectivity index (χ2n) is 3.96. The monoisotopic (exact) mass is 230 g/mol. The molecule has 16 heavy (non-hydrogen) atoms. The number of rotatable bonds is 8. The Bertz CT molecular complexity index is 233. The predicted octanol–water partition coefficient (Wildman–Crippen LogP) is -0.800. The number of amides is 2. The van der Waals surface area contributed by atoms with Crippen molar-refractivity contribution in [3.63, 3.8) is 0 Å². The molecule has 0 aromatic carbocycles. The van der Waals surface area contributed by atoms with Crippen molar-refractivity contribution >= 4 is 11.8 Å². The van der Waals surface area contributed by atoms with Gasteiger partial charge in [-0.3, -0.25) is 19.9 Å². The van der Waals surface area contributed by atoms with Crippen molar-refractivity contribution in [1.82, 2.24) is 10.3 Å². The SMILES string of the molecule is CCCCN(CC(N)=O)CC(C)C(=O)NN. The third-order valence-electron chi connectivity index (χ3n) is 2.33. The summed E-state index contributed by atoms with van der Waals surface area (Å²) in [5.41, 5.74) is 7.24. The number of hydrazine groups is 1. The van der Waals surface area contributed by atoms with E-state index in [0.29, 0.717) is 6.54 Å².